The first-order chi connectivity index (χ1) is 10.3. The summed E-state index contributed by atoms with van der Waals surface area (Å²) in [6, 6.07) is 8.07. The van der Waals surface area contributed by atoms with Gasteiger partial charge in [-0.25, -0.2) is 0 Å². The van der Waals surface area contributed by atoms with Crippen molar-refractivity contribution in [2.45, 2.75) is 18.9 Å². The maximum Gasteiger partial charge on any atom is 0.251 e. The van der Waals surface area contributed by atoms with E-state index in [9.17, 15) is 4.79 Å². The van der Waals surface area contributed by atoms with Crippen molar-refractivity contribution in [3.63, 3.8) is 0 Å². The van der Waals surface area contributed by atoms with Crippen molar-refractivity contribution in [3.8, 4) is 5.75 Å². The summed E-state index contributed by atoms with van der Waals surface area (Å²) in [6.07, 6.45) is 1.67. The molecule has 0 saturated carbocycles. The highest BCUT2D eigenvalue weighted by Crippen LogP contribution is 2.23. The van der Waals surface area contributed by atoms with Gasteiger partial charge in [0.15, 0.2) is 0 Å². The van der Waals surface area contributed by atoms with Gasteiger partial charge < -0.3 is 19.3 Å². The Balaban J connectivity index is 1.58. The van der Waals surface area contributed by atoms with Gasteiger partial charge in [-0.05, 0) is 25.0 Å². The predicted molar refractivity (Wildman–Crippen MR) is 80.8 cm³/mol. The van der Waals surface area contributed by atoms with Crippen molar-refractivity contribution in [2.24, 2.45) is 0 Å². The molecule has 1 atom stereocenters. The summed E-state index contributed by atoms with van der Waals surface area (Å²) < 4.78 is 10.8. The molecule has 1 aromatic rings. The number of amides is 1. The number of carbonyl (C=O) groups excluding carboxylic acids is 1. The van der Waals surface area contributed by atoms with Crippen molar-refractivity contribution >= 4 is 11.6 Å². The zero-order valence-electron chi connectivity index (χ0n) is 12.5. The second-order valence-corrected chi connectivity index (χ2v) is 5.52. The number of ether oxygens (including phenoxy) is 2. The molecule has 0 aliphatic carbocycles. The van der Waals surface area contributed by atoms with Crippen LogP contribution in [0.4, 0.5) is 5.69 Å². The molecule has 2 fully saturated rings. The van der Waals surface area contributed by atoms with Gasteiger partial charge in [0.25, 0.3) is 5.91 Å². The zero-order valence-corrected chi connectivity index (χ0v) is 12.5. The second-order valence-electron chi connectivity index (χ2n) is 5.52. The summed E-state index contributed by atoms with van der Waals surface area (Å²) in [4.78, 5) is 16.5. The highest BCUT2D eigenvalue weighted by Gasteiger charge is 2.30. The smallest absolute Gasteiger partial charge is 0.251 e. The first-order valence-corrected chi connectivity index (χ1v) is 7.57. The van der Waals surface area contributed by atoms with Crippen LogP contribution in [0.5, 0.6) is 5.75 Å². The molecule has 1 unspecified atom stereocenters. The van der Waals surface area contributed by atoms with E-state index < -0.39 is 0 Å². The number of methoxy groups -OCH3 is 1. The molecule has 114 valence electrons. The van der Waals surface area contributed by atoms with Crippen LogP contribution in [0.1, 0.15) is 12.8 Å². The van der Waals surface area contributed by atoms with Gasteiger partial charge in [-0.3, -0.25) is 4.79 Å². The summed E-state index contributed by atoms with van der Waals surface area (Å²) in [5, 5.41) is 0. The second kappa shape index (κ2) is 6.35. The normalized spacial score (nSPS) is 22.4. The van der Waals surface area contributed by atoms with Gasteiger partial charge in [0, 0.05) is 44.5 Å². The maximum atomic E-state index is 12.3. The van der Waals surface area contributed by atoms with Gasteiger partial charge >= 0.3 is 0 Å². The molecule has 5 nitrogen and oxygen atoms in total. The van der Waals surface area contributed by atoms with E-state index in [1.54, 1.807) is 7.11 Å². The summed E-state index contributed by atoms with van der Waals surface area (Å²) in [6.45, 7) is 3.95. The third kappa shape index (κ3) is 3.13. The zero-order chi connectivity index (χ0) is 14.7. The molecule has 2 aliphatic heterocycles. The van der Waals surface area contributed by atoms with Crippen LogP contribution in [0.2, 0.25) is 0 Å². The van der Waals surface area contributed by atoms with Gasteiger partial charge in [-0.1, -0.05) is 6.07 Å². The van der Waals surface area contributed by atoms with E-state index in [0.717, 1.165) is 57.1 Å². The van der Waals surface area contributed by atoms with Gasteiger partial charge in [-0.2, -0.15) is 0 Å². The standard InChI is InChI=1S/C16H22N2O3/c1-20-14-5-2-4-13(12-14)17-7-9-18(10-8-17)16(19)15-6-3-11-21-15/h2,4-5,12,15H,3,6-11H2,1H3. The van der Waals surface area contributed by atoms with Crippen molar-refractivity contribution in [1.82, 2.24) is 4.90 Å². The van der Waals surface area contributed by atoms with Crippen LogP contribution < -0.4 is 9.64 Å². The number of benzene rings is 1. The van der Waals surface area contributed by atoms with Gasteiger partial charge in [0.2, 0.25) is 0 Å². The topological polar surface area (TPSA) is 42.0 Å². The lowest BCUT2D eigenvalue weighted by Gasteiger charge is -2.37. The van der Waals surface area contributed by atoms with Crippen LogP contribution in [0.15, 0.2) is 24.3 Å². The summed E-state index contributed by atoms with van der Waals surface area (Å²) >= 11 is 0. The molecule has 0 bridgehead atoms. The van der Waals surface area contributed by atoms with Crippen molar-refractivity contribution < 1.29 is 14.3 Å². The molecule has 1 aromatic carbocycles. The lowest BCUT2D eigenvalue weighted by molar-refractivity contribution is -0.141. The summed E-state index contributed by atoms with van der Waals surface area (Å²) in [5.74, 6) is 1.03. The SMILES string of the molecule is COc1cccc(N2CCN(C(=O)C3CCCO3)CC2)c1. The summed E-state index contributed by atoms with van der Waals surface area (Å²) in [5.41, 5.74) is 1.15. The Morgan fingerprint density at radius 3 is 2.76 bits per heavy atom. The molecule has 1 amide bonds. The van der Waals surface area contributed by atoms with Crippen LogP contribution in [0.3, 0.4) is 0 Å². The number of hydrogen-bond acceptors (Lipinski definition) is 4. The Hall–Kier alpha value is -1.75. The van der Waals surface area contributed by atoms with Crippen LogP contribution in [0, 0.1) is 0 Å². The number of rotatable bonds is 3. The largest absolute Gasteiger partial charge is 0.497 e. The molecule has 0 spiro atoms. The molecular formula is C16H22N2O3. The Morgan fingerprint density at radius 2 is 2.10 bits per heavy atom. The minimum absolute atomic E-state index is 0.165. The number of anilines is 1. The highest BCUT2D eigenvalue weighted by molar-refractivity contribution is 5.81. The third-order valence-electron chi connectivity index (χ3n) is 4.21. The average Bonchev–Trinajstić information content (AvgIpc) is 3.09. The van der Waals surface area contributed by atoms with Gasteiger partial charge in [-0.15, -0.1) is 0 Å². The molecular weight excluding hydrogens is 268 g/mol. The van der Waals surface area contributed by atoms with E-state index in [4.69, 9.17) is 9.47 Å². The predicted octanol–water partition coefficient (Wildman–Crippen LogP) is 1.52. The van der Waals surface area contributed by atoms with E-state index in [1.807, 2.05) is 23.1 Å². The molecule has 5 heteroatoms. The molecule has 0 N–H and O–H groups in total. The molecule has 3 rings (SSSR count). The van der Waals surface area contributed by atoms with Crippen LogP contribution in [-0.2, 0) is 9.53 Å². The number of piperazine rings is 1. The molecule has 2 heterocycles. The fraction of sp³-hybridized carbons (Fsp3) is 0.562. The lowest BCUT2D eigenvalue weighted by atomic mass is 10.2. The fourth-order valence-corrected chi connectivity index (χ4v) is 2.97. The monoisotopic (exact) mass is 290 g/mol. The number of carbonyl (C=O) groups is 1. The average molecular weight is 290 g/mol. The third-order valence-corrected chi connectivity index (χ3v) is 4.21. The Morgan fingerprint density at radius 1 is 1.29 bits per heavy atom. The molecule has 2 aliphatic rings. The highest BCUT2D eigenvalue weighted by atomic mass is 16.5. The Kier molecular flexibility index (Phi) is 4.29. The summed E-state index contributed by atoms with van der Waals surface area (Å²) in [7, 11) is 1.68. The maximum absolute atomic E-state index is 12.3. The van der Waals surface area contributed by atoms with Crippen molar-refractivity contribution in [1.29, 1.82) is 0 Å². The van der Waals surface area contributed by atoms with Crippen LogP contribution >= 0.6 is 0 Å². The van der Waals surface area contributed by atoms with Crippen molar-refractivity contribution in [3.05, 3.63) is 24.3 Å². The van der Waals surface area contributed by atoms with Crippen LogP contribution in [-0.4, -0.2) is 56.8 Å². The minimum Gasteiger partial charge on any atom is -0.497 e. The van der Waals surface area contributed by atoms with Gasteiger partial charge in [0.05, 0.1) is 7.11 Å². The van der Waals surface area contributed by atoms with E-state index in [2.05, 4.69) is 11.0 Å². The molecule has 0 aromatic heterocycles. The molecule has 21 heavy (non-hydrogen) atoms. The fourth-order valence-electron chi connectivity index (χ4n) is 2.97. The lowest BCUT2D eigenvalue weighted by Crippen LogP contribution is -2.51. The van der Waals surface area contributed by atoms with Crippen LogP contribution in [0.25, 0.3) is 0 Å². The van der Waals surface area contributed by atoms with E-state index in [-0.39, 0.29) is 12.0 Å². The molecule has 0 radical (unpaired) electrons. The van der Waals surface area contributed by atoms with E-state index >= 15 is 0 Å². The van der Waals surface area contributed by atoms with E-state index in [0.29, 0.717) is 0 Å². The van der Waals surface area contributed by atoms with Crippen molar-refractivity contribution in [2.75, 3.05) is 44.8 Å². The quantitative estimate of drug-likeness (QED) is 0.846. The first kappa shape index (κ1) is 14.2. The minimum atomic E-state index is -0.201. The van der Waals surface area contributed by atoms with Gasteiger partial charge in [0.1, 0.15) is 11.9 Å². The Labute approximate surface area is 125 Å². The van der Waals surface area contributed by atoms with E-state index in [1.165, 1.54) is 0 Å². The Bertz CT molecular complexity index is 492. The first-order valence-electron chi connectivity index (χ1n) is 7.57. The number of nitrogens with zero attached hydrogens (tertiary/aromatic N) is 2. The molecule has 2 saturated heterocycles. The number of hydrogen-bond donors (Lipinski definition) is 0.